The molecule has 3 nitrogen and oxygen atoms in total. The molecule has 0 bridgehead atoms. The molecule has 0 heterocycles. The van der Waals surface area contributed by atoms with Gasteiger partial charge in [0, 0.05) is 12.8 Å². The minimum Gasteiger partial charge on any atom is -0.481 e. The largest absolute Gasteiger partial charge is 0.481 e. The lowest BCUT2D eigenvalue weighted by molar-refractivity contribution is -0.165. The third kappa shape index (κ3) is 1.18. The second-order valence-electron chi connectivity index (χ2n) is 4.33. The number of rotatable bonds is 2. The first-order valence-corrected chi connectivity index (χ1v) is 4.90. The summed E-state index contributed by atoms with van der Waals surface area (Å²) in [7, 11) is 0. The zero-order valence-corrected chi connectivity index (χ0v) is 7.58. The summed E-state index contributed by atoms with van der Waals surface area (Å²) in [5.74, 6) is -0.365. The van der Waals surface area contributed by atoms with E-state index in [9.17, 15) is 9.59 Å². The molecule has 2 aliphatic rings. The maximum Gasteiger partial charge on any atom is 0.310 e. The molecular weight excluding hydrogens is 168 g/mol. The van der Waals surface area contributed by atoms with Crippen molar-refractivity contribution in [2.45, 2.75) is 38.5 Å². The van der Waals surface area contributed by atoms with Gasteiger partial charge in [0.1, 0.15) is 5.78 Å². The molecule has 0 aromatic carbocycles. The lowest BCUT2D eigenvalue weighted by atomic mass is 9.60. The quantitative estimate of drug-likeness (QED) is 0.705. The van der Waals surface area contributed by atoms with Crippen molar-refractivity contribution in [3.63, 3.8) is 0 Å². The van der Waals surface area contributed by atoms with Crippen molar-refractivity contribution in [2.75, 3.05) is 0 Å². The highest BCUT2D eigenvalue weighted by atomic mass is 16.4. The summed E-state index contributed by atoms with van der Waals surface area (Å²) in [5, 5.41) is 9.11. The Balaban J connectivity index is 2.14. The molecule has 0 amide bonds. The molecule has 2 rings (SSSR count). The van der Waals surface area contributed by atoms with Crippen molar-refractivity contribution >= 4 is 11.8 Å². The molecule has 72 valence electrons. The average molecular weight is 182 g/mol. The number of ketones is 1. The second-order valence-corrected chi connectivity index (χ2v) is 4.33. The number of carboxylic acid groups (broad SMARTS) is 1. The summed E-state index contributed by atoms with van der Waals surface area (Å²) < 4.78 is 0. The van der Waals surface area contributed by atoms with E-state index in [1.165, 1.54) is 0 Å². The maximum atomic E-state index is 11.1. The van der Waals surface area contributed by atoms with Gasteiger partial charge in [-0.2, -0.15) is 0 Å². The fraction of sp³-hybridized carbons (Fsp3) is 0.800. The molecule has 0 saturated heterocycles. The van der Waals surface area contributed by atoms with E-state index in [0.29, 0.717) is 0 Å². The van der Waals surface area contributed by atoms with Crippen LogP contribution in [0, 0.1) is 11.3 Å². The van der Waals surface area contributed by atoms with Crippen LogP contribution in [0.15, 0.2) is 0 Å². The van der Waals surface area contributed by atoms with Gasteiger partial charge in [-0.1, -0.05) is 12.8 Å². The third-order valence-corrected chi connectivity index (χ3v) is 3.59. The van der Waals surface area contributed by atoms with Gasteiger partial charge in [-0.05, 0) is 18.8 Å². The smallest absolute Gasteiger partial charge is 0.310 e. The summed E-state index contributed by atoms with van der Waals surface area (Å²) in [6, 6.07) is 0. The van der Waals surface area contributed by atoms with Gasteiger partial charge in [-0.25, -0.2) is 0 Å². The zero-order valence-electron chi connectivity index (χ0n) is 7.58. The SMILES string of the molecule is O=C1CC(C(=O)O)(C2CCCC2)C1. The van der Waals surface area contributed by atoms with E-state index >= 15 is 0 Å². The van der Waals surface area contributed by atoms with Crippen LogP contribution in [-0.2, 0) is 9.59 Å². The molecule has 0 aromatic heterocycles. The summed E-state index contributed by atoms with van der Waals surface area (Å²) in [5.41, 5.74) is -0.659. The Morgan fingerprint density at radius 3 is 2.23 bits per heavy atom. The molecule has 2 fully saturated rings. The van der Waals surface area contributed by atoms with Crippen LogP contribution in [0.25, 0.3) is 0 Å². The summed E-state index contributed by atoms with van der Waals surface area (Å²) in [4.78, 5) is 22.0. The van der Waals surface area contributed by atoms with Crippen molar-refractivity contribution in [1.29, 1.82) is 0 Å². The van der Waals surface area contributed by atoms with E-state index < -0.39 is 11.4 Å². The van der Waals surface area contributed by atoms with E-state index in [0.717, 1.165) is 25.7 Å². The zero-order chi connectivity index (χ0) is 9.47. The Bertz CT molecular complexity index is 243. The van der Waals surface area contributed by atoms with Gasteiger partial charge in [-0.15, -0.1) is 0 Å². The summed E-state index contributed by atoms with van der Waals surface area (Å²) in [6.45, 7) is 0. The summed E-state index contributed by atoms with van der Waals surface area (Å²) >= 11 is 0. The number of carbonyl (C=O) groups is 2. The van der Waals surface area contributed by atoms with E-state index in [4.69, 9.17) is 5.11 Å². The van der Waals surface area contributed by atoms with Crippen molar-refractivity contribution in [3.05, 3.63) is 0 Å². The number of carboxylic acids is 1. The molecule has 0 aliphatic heterocycles. The molecule has 0 unspecified atom stereocenters. The van der Waals surface area contributed by atoms with Gasteiger partial charge >= 0.3 is 5.97 Å². The molecule has 2 aliphatic carbocycles. The first-order valence-electron chi connectivity index (χ1n) is 4.90. The number of carbonyl (C=O) groups excluding carboxylic acids is 1. The minimum absolute atomic E-state index is 0.120. The van der Waals surface area contributed by atoms with E-state index in [1.54, 1.807) is 0 Å². The van der Waals surface area contributed by atoms with Crippen LogP contribution in [0.3, 0.4) is 0 Å². The Morgan fingerprint density at radius 2 is 1.85 bits per heavy atom. The lowest BCUT2D eigenvalue weighted by Crippen LogP contribution is -2.49. The standard InChI is InChI=1S/C10H14O3/c11-8-5-10(6-8,9(12)13)7-3-1-2-4-7/h7H,1-6H2,(H,12,13). The Morgan fingerprint density at radius 1 is 1.31 bits per heavy atom. The van der Waals surface area contributed by atoms with Gasteiger partial charge in [0.2, 0.25) is 0 Å². The number of hydrogen-bond donors (Lipinski definition) is 1. The molecule has 0 atom stereocenters. The highest BCUT2D eigenvalue weighted by Crippen LogP contribution is 2.51. The van der Waals surface area contributed by atoms with Crippen molar-refractivity contribution in [2.24, 2.45) is 11.3 Å². The van der Waals surface area contributed by atoms with E-state index in [1.807, 2.05) is 0 Å². The van der Waals surface area contributed by atoms with Gasteiger partial charge < -0.3 is 5.11 Å². The van der Waals surface area contributed by atoms with Crippen LogP contribution in [0.4, 0.5) is 0 Å². The van der Waals surface area contributed by atoms with Gasteiger partial charge in [0.05, 0.1) is 5.41 Å². The minimum atomic E-state index is -0.751. The van der Waals surface area contributed by atoms with Crippen LogP contribution < -0.4 is 0 Å². The Hall–Kier alpha value is -0.860. The predicted octanol–water partition coefficient (Wildman–Crippen LogP) is 1.61. The molecule has 0 spiro atoms. The number of hydrogen-bond acceptors (Lipinski definition) is 2. The van der Waals surface area contributed by atoms with Crippen molar-refractivity contribution in [3.8, 4) is 0 Å². The number of Topliss-reactive ketones (excluding diaryl/α,β-unsaturated/α-hetero) is 1. The maximum absolute atomic E-state index is 11.1. The van der Waals surface area contributed by atoms with Gasteiger partial charge in [0.15, 0.2) is 0 Å². The third-order valence-electron chi connectivity index (χ3n) is 3.59. The molecule has 0 radical (unpaired) electrons. The Kier molecular flexibility index (Phi) is 1.90. The van der Waals surface area contributed by atoms with Gasteiger partial charge in [0.25, 0.3) is 0 Å². The van der Waals surface area contributed by atoms with E-state index in [2.05, 4.69) is 0 Å². The Labute approximate surface area is 77.1 Å². The predicted molar refractivity (Wildman–Crippen MR) is 46.3 cm³/mol. The van der Waals surface area contributed by atoms with Crippen molar-refractivity contribution < 1.29 is 14.7 Å². The van der Waals surface area contributed by atoms with Crippen molar-refractivity contribution in [1.82, 2.24) is 0 Å². The fourth-order valence-corrected chi connectivity index (χ4v) is 2.74. The number of aliphatic carboxylic acids is 1. The highest BCUT2D eigenvalue weighted by molar-refractivity contribution is 5.97. The fourth-order valence-electron chi connectivity index (χ4n) is 2.74. The van der Waals surface area contributed by atoms with Crippen LogP contribution >= 0.6 is 0 Å². The normalized spacial score (nSPS) is 27.2. The lowest BCUT2D eigenvalue weighted by Gasteiger charge is -2.41. The first-order chi connectivity index (χ1) is 6.15. The molecule has 3 heteroatoms. The van der Waals surface area contributed by atoms with Crippen LogP contribution in [-0.4, -0.2) is 16.9 Å². The second kappa shape index (κ2) is 2.82. The average Bonchev–Trinajstić information content (AvgIpc) is 2.49. The van der Waals surface area contributed by atoms with Crippen LogP contribution in [0.1, 0.15) is 38.5 Å². The molecule has 1 N–H and O–H groups in total. The van der Waals surface area contributed by atoms with Gasteiger partial charge in [-0.3, -0.25) is 9.59 Å². The topological polar surface area (TPSA) is 54.4 Å². The first kappa shape index (κ1) is 8.73. The monoisotopic (exact) mass is 182 g/mol. The van der Waals surface area contributed by atoms with Crippen LogP contribution in [0.2, 0.25) is 0 Å². The molecule has 0 aromatic rings. The molecular formula is C10H14O3. The summed E-state index contributed by atoms with van der Waals surface area (Å²) in [6.07, 6.45) is 4.83. The molecule has 2 saturated carbocycles. The molecule has 13 heavy (non-hydrogen) atoms. The highest BCUT2D eigenvalue weighted by Gasteiger charge is 2.55. The van der Waals surface area contributed by atoms with E-state index in [-0.39, 0.29) is 24.5 Å². The van der Waals surface area contributed by atoms with Crippen LogP contribution in [0.5, 0.6) is 0 Å².